The highest BCUT2D eigenvalue weighted by molar-refractivity contribution is 5.86. The molecule has 82 valence electrons. The van der Waals surface area contributed by atoms with Gasteiger partial charge in [0.2, 0.25) is 0 Å². The Morgan fingerprint density at radius 3 is 2.47 bits per heavy atom. The van der Waals surface area contributed by atoms with Gasteiger partial charge in [-0.05, 0) is 13.8 Å². The largest absolute Gasteiger partial charge is 0.464 e. The van der Waals surface area contributed by atoms with Gasteiger partial charge in [0.1, 0.15) is 5.82 Å². The van der Waals surface area contributed by atoms with Crippen LogP contribution in [0.4, 0.5) is 5.82 Å². The number of hydrogen-bond acceptors (Lipinski definition) is 5. The normalized spacial score (nSPS) is 10.2. The first-order valence-electron chi connectivity index (χ1n) is 4.69. The van der Waals surface area contributed by atoms with Gasteiger partial charge in [-0.3, -0.25) is 0 Å². The summed E-state index contributed by atoms with van der Waals surface area (Å²) in [5.74, 6) is 0.263. The van der Waals surface area contributed by atoms with E-state index in [-0.39, 0.29) is 5.69 Å². The van der Waals surface area contributed by atoms with Gasteiger partial charge in [-0.2, -0.15) is 0 Å². The first-order chi connectivity index (χ1) is 7.06. The van der Waals surface area contributed by atoms with Crippen molar-refractivity contribution < 1.29 is 9.53 Å². The molecule has 0 amide bonds. The lowest BCUT2D eigenvalue weighted by Gasteiger charge is -2.21. The van der Waals surface area contributed by atoms with Gasteiger partial charge in [0.05, 0.1) is 19.5 Å². The van der Waals surface area contributed by atoms with Crippen molar-refractivity contribution in [3.63, 3.8) is 0 Å². The maximum absolute atomic E-state index is 11.1. The smallest absolute Gasteiger partial charge is 0.358 e. The van der Waals surface area contributed by atoms with Crippen LogP contribution in [0.2, 0.25) is 0 Å². The van der Waals surface area contributed by atoms with Crippen LogP contribution in [-0.2, 0) is 4.74 Å². The van der Waals surface area contributed by atoms with E-state index >= 15 is 0 Å². The van der Waals surface area contributed by atoms with Crippen LogP contribution in [0, 0.1) is 0 Å². The molecule has 0 bridgehead atoms. The van der Waals surface area contributed by atoms with E-state index in [1.54, 1.807) is 6.20 Å². The number of carbonyl (C=O) groups is 1. The highest BCUT2D eigenvalue weighted by Crippen LogP contribution is 2.09. The van der Waals surface area contributed by atoms with E-state index in [0.29, 0.717) is 6.04 Å². The molecule has 0 saturated heterocycles. The number of nitrogens with zero attached hydrogens (tertiary/aromatic N) is 3. The first kappa shape index (κ1) is 11.4. The molecule has 5 nitrogen and oxygen atoms in total. The summed E-state index contributed by atoms with van der Waals surface area (Å²) in [7, 11) is 3.24. The van der Waals surface area contributed by atoms with Crippen LogP contribution in [0.25, 0.3) is 0 Å². The second-order valence-electron chi connectivity index (χ2n) is 3.46. The van der Waals surface area contributed by atoms with Crippen LogP contribution in [-0.4, -0.2) is 36.1 Å². The average Bonchev–Trinajstić information content (AvgIpc) is 2.27. The Balaban J connectivity index is 2.85. The number of carbonyl (C=O) groups excluding carboxylic acids is 1. The predicted octanol–water partition coefficient (Wildman–Crippen LogP) is 1.11. The molecule has 1 heterocycles. The highest BCUT2D eigenvalue weighted by atomic mass is 16.5. The molecular weight excluding hydrogens is 194 g/mol. The number of aromatic nitrogens is 2. The van der Waals surface area contributed by atoms with Crippen molar-refractivity contribution in [2.24, 2.45) is 0 Å². The van der Waals surface area contributed by atoms with E-state index in [4.69, 9.17) is 0 Å². The Labute approximate surface area is 89.1 Å². The molecule has 1 aromatic heterocycles. The quantitative estimate of drug-likeness (QED) is 0.698. The van der Waals surface area contributed by atoms with Gasteiger partial charge in [0.25, 0.3) is 0 Å². The third-order valence-electron chi connectivity index (χ3n) is 2.17. The predicted molar refractivity (Wildman–Crippen MR) is 56.9 cm³/mol. The number of anilines is 1. The summed E-state index contributed by atoms with van der Waals surface area (Å²) < 4.78 is 4.53. The Bertz CT molecular complexity index is 335. The van der Waals surface area contributed by atoms with E-state index in [9.17, 15) is 4.79 Å². The molecule has 1 aromatic rings. The molecule has 0 unspecified atom stereocenters. The minimum Gasteiger partial charge on any atom is -0.464 e. The lowest BCUT2D eigenvalue weighted by molar-refractivity contribution is 0.0593. The van der Waals surface area contributed by atoms with Crippen molar-refractivity contribution in [3.8, 4) is 0 Å². The summed E-state index contributed by atoms with van der Waals surface area (Å²) in [6.07, 6.45) is 2.98. The van der Waals surface area contributed by atoms with Gasteiger partial charge < -0.3 is 9.64 Å². The summed E-state index contributed by atoms with van der Waals surface area (Å²) in [6.45, 7) is 4.10. The molecule has 0 aromatic carbocycles. The molecule has 0 aliphatic rings. The van der Waals surface area contributed by atoms with Gasteiger partial charge >= 0.3 is 5.97 Å². The van der Waals surface area contributed by atoms with Crippen LogP contribution >= 0.6 is 0 Å². The highest BCUT2D eigenvalue weighted by Gasteiger charge is 2.10. The monoisotopic (exact) mass is 209 g/mol. The molecule has 0 saturated carbocycles. The number of hydrogen-bond donors (Lipinski definition) is 0. The van der Waals surface area contributed by atoms with E-state index in [0.717, 1.165) is 5.82 Å². The molecular formula is C10H15N3O2. The fourth-order valence-electron chi connectivity index (χ4n) is 0.978. The second kappa shape index (κ2) is 4.72. The van der Waals surface area contributed by atoms with E-state index in [2.05, 4.69) is 28.6 Å². The van der Waals surface area contributed by atoms with E-state index in [1.165, 1.54) is 13.3 Å². The van der Waals surface area contributed by atoms with Crippen LogP contribution in [0.3, 0.4) is 0 Å². The minimum atomic E-state index is -0.471. The Kier molecular flexibility index (Phi) is 3.60. The number of methoxy groups -OCH3 is 1. The van der Waals surface area contributed by atoms with Gasteiger partial charge in [0, 0.05) is 13.1 Å². The third-order valence-corrected chi connectivity index (χ3v) is 2.17. The molecule has 1 rings (SSSR count). The van der Waals surface area contributed by atoms with Gasteiger partial charge in [-0.25, -0.2) is 14.8 Å². The third kappa shape index (κ3) is 2.65. The van der Waals surface area contributed by atoms with Crippen molar-refractivity contribution in [2.75, 3.05) is 19.1 Å². The summed E-state index contributed by atoms with van der Waals surface area (Å²) >= 11 is 0. The Morgan fingerprint density at radius 1 is 1.40 bits per heavy atom. The lowest BCUT2D eigenvalue weighted by atomic mass is 10.3. The SMILES string of the molecule is COC(=O)c1cnc(N(C)C(C)C)cn1. The van der Waals surface area contributed by atoms with Crippen LogP contribution in [0.5, 0.6) is 0 Å². The van der Waals surface area contributed by atoms with Gasteiger partial charge in [-0.1, -0.05) is 0 Å². The summed E-state index contributed by atoms with van der Waals surface area (Å²) in [5, 5.41) is 0. The fraction of sp³-hybridized carbons (Fsp3) is 0.500. The average molecular weight is 209 g/mol. The Morgan fingerprint density at radius 2 is 2.07 bits per heavy atom. The zero-order chi connectivity index (χ0) is 11.4. The standard InChI is InChI=1S/C10H15N3O2/c1-7(2)13(3)9-6-11-8(5-12-9)10(14)15-4/h5-7H,1-4H3. The van der Waals surface area contributed by atoms with Crippen LogP contribution < -0.4 is 4.90 Å². The topological polar surface area (TPSA) is 55.3 Å². The molecule has 0 N–H and O–H groups in total. The van der Waals surface area contributed by atoms with Gasteiger partial charge in [0.15, 0.2) is 5.69 Å². The first-order valence-corrected chi connectivity index (χ1v) is 4.69. The number of rotatable bonds is 3. The van der Waals surface area contributed by atoms with Crippen molar-refractivity contribution in [1.29, 1.82) is 0 Å². The van der Waals surface area contributed by atoms with Crippen molar-refractivity contribution in [3.05, 3.63) is 18.1 Å². The van der Waals surface area contributed by atoms with Crippen LogP contribution in [0.15, 0.2) is 12.4 Å². The fourth-order valence-corrected chi connectivity index (χ4v) is 0.978. The maximum atomic E-state index is 11.1. The van der Waals surface area contributed by atoms with Crippen molar-refractivity contribution >= 4 is 11.8 Å². The minimum absolute atomic E-state index is 0.221. The molecule has 0 fully saturated rings. The molecule has 0 atom stereocenters. The lowest BCUT2D eigenvalue weighted by Crippen LogP contribution is -2.26. The molecule has 0 aliphatic heterocycles. The maximum Gasteiger partial charge on any atom is 0.358 e. The Hall–Kier alpha value is -1.65. The zero-order valence-corrected chi connectivity index (χ0v) is 9.39. The summed E-state index contributed by atoms with van der Waals surface area (Å²) in [4.78, 5) is 21.2. The zero-order valence-electron chi connectivity index (χ0n) is 9.39. The van der Waals surface area contributed by atoms with Crippen molar-refractivity contribution in [1.82, 2.24) is 9.97 Å². The molecule has 0 aliphatic carbocycles. The van der Waals surface area contributed by atoms with Crippen molar-refractivity contribution in [2.45, 2.75) is 19.9 Å². The van der Waals surface area contributed by atoms with E-state index in [1.807, 2.05) is 11.9 Å². The summed E-state index contributed by atoms with van der Waals surface area (Å²) in [6, 6.07) is 0.336. The van der Waals surface area contributed by atoms with Gasteiger partial charge in [-0.15, -0.1) is 0 Å². The second-order valence-corrected chi connectivity index (χ2v) is 3.46. The number of esters is 1. The number of ether oxygens (including phenoxy) is 1. The molecule has 0 radical (unpaired) electrons. The molecule has 0 spiro atoms. The molecule has 15 heavy (non-hydrogen) atoms. The molecule has 5 heteroatoms. The van der Waals surface area contributed by atoms with Crippen LogP contribution in [0.1, 0.15) is 24.3 Å². The summed E-state index contributed by atoms with van der Waals surface area (Å²) in [5.41, 5.74) is 0.221. The van der Waals surface area contributed by atoms with E-state index < -0.39 is 5.97 Å².